The molecule has 1 N–H and O–H groups in total. The summed E-state index contributed by atoms with van der Waals surface area (Å²) in [6.07, 6.45) is 0. The summed E-state index contributed by atoms with van der Waals surface area (Å²) < 4.78 is 0. The summed E-state index contributed by atoms with van der Waals surface area (Å²) in [4.78, 5) is 10.9. The Kier molecular flexibility index (Phi) is 3.59. The molecule has 0 aliphatic heterocycles. The summed E-state index contributed by atoms with van der Waals surface area (Å²) in [5.41, 5.74) is 0.855. The van der Waals surface area contributed by atoms with E-state index < -0.39 is 0 Å². The highest BCUT2D eigenvalue weighted by Crippen LogP contribution is 1.94. The number of rotatable bonds is 1. The number of carbonyl (C=O) groups is 1. The van der Waals surface area contributed by atoms with Gasteiger partial charge in [0.1, 0.15) is 0 Å². The highest BCUT2D eigenvalue weighted by Gasteiger charge is 1.89. The number of nitrogens with one attached hydrogen (secondary N) is 1. The van der Waals surface area contributed by atoms with E-state index >= 15 is 0 Å². The molecule has 0 saturated carbocycles. The van der Waals surface area contributed by atoms with Crippen molar-refractivity contribution in [1.82, 2.24) is 5.32 Å². The number of amides is 1. The van der Waals surface area contributed by atoms with Gasteiger partial charge in [0.2, 0.25) is 0 Å². The third kappa shape index (κ3) is 3.44. The van der Waals surface area contributed by atoms with Gasteiger partial charge in [-0.3, -0.25) is 4.79 Å². The molecular formula is C11H13NO. The number of benzene rings is 1. The van der Waals surface area contributed by atoms with Crippen molar-refractivity contribution in [2.24, 2.45) is 0 Å². The van der Waals surface area contributed by atoms with Crippen molar-refractivity contribution < 1.29 is 6.22 Å². The van der Waals surface area contributed by atoms with Gasteiger partial charge < -0.3 is 5.32 Å². The van der Waals surface area contributed by atoms with E-state index in [0.29, 0.717) is 6.54 Å². The van der Waals surface area contributed by atoms with E-state index in [0.717, 1.165) is 5.56 Å². The van der Waals surface area contributed by atoms with Crippen LogP contribution in [0.3, 0.4) is 0 Å². The van der Waals surface area contributed by atoms with Gasteiger partial charge in [-0.25, -0.2) is 0 Å². The highest BCUT2D eigenvalue weighted by molar-refractivity contribution is 5.93. The molecule has 0 fully saturated rings. The Balaban J connectivity index is 0.00000169. The first-order chi connectivity index (χ1) is 6.33. The van der Waals surface area contributed by atoms with E-state index in [2.05, 4.69) is 17.2 Å². The molecule has 68 valence electrons. The summed E-state index contributed by atoms with van der Waals surface area (Å²) in [6.45, 7) is 2.48. The van der Waals surface area contributed by atoms with Crippen LogP contribution in [0.5, 0.6) is 0 Å². The normalized spacial score (nSPS) is 8.38. The van der Waals surface area contributed by atoms with Gasteiger partial charge in [0.15, 0.2) is 0 Å². The number of hydrogen-bond acceptors (Lipinski definition) is 1. The fourth-order valence-electron chi connectivity index (χ4n) is 0.855. The Bertz CT molecular complexity index is 337. The van der Waals surface area contributed by atoms with Gasteiger partial charge in [-0.15, -0.1) is 0 Å². The summed E-state index contributed by atoms with van der Waals surface area (Å²) >= 11 is 0. The standard InChI is InChI=1S/C11H11NO.H2/c1-2-12-11(13)9-8-10-6-4-3-5-7-10;/h3-7H,2H2,1H3,(H,12,13);1H. The van der Waals surface area contributed by atoms with Crippen LogP contribution in [0.2, 0.25) is 0 Å². The van der Waals surface area contributed by atoms with Gasteiger partial charge >= 0.3 is 0 Å². The SMILES string of the molecule is CCNC(=O)C#Cc1ccccc1.[HH]. The van der Waals surface area contributed by atoms with E-state index in [1.807, 2.05) is 37.3 Å². The average Bonchev–Trinajstić information content (AvgIpc) is 2.17. The minimum atomic E-state index is -0.230. The molecule has 0 heterocycles. The van der Waals surface area contributed by atoms with Gasteiger partial charge in [0.25, 0.3) is 5.91 Å². The number of hydrogen-bond donors (Lipinski definition) is 1. The van der Waals surface area contributed by atoms with Crippen molar-refractivity contribution in [2.75, 3.05) is 6.54 Å². The maximum atomic E-state index is 10.9. The second-order valence-corrected chi connectivity index (χ2v) is 2.48. The van der Waals surface area contributed by atoms with E-state index in [1.165, 1.54) is 0 Å². The highest BCUT2D eigenvalue weighted by atomic mass is 16.1. The smallest absolute Gasteiger partial charge is 0.296 e. The van der Waals surface area contributed by atoms with Crippen molar-refractivity contribution in [3.05, 3.63) is 35.9 Å². The first-order valence-corrected chi connectivity index (χ1v) is 4.18. The third-order valence-electron chi connectivity index (χ3n) is 1.43. The Morgan fingerprint density at radius 3 is 2.77 bits per heavy atom. The molecule has 1 aromatic carbocycles. The molecule has 1 amide bonds. The first-order valence-electron chi connectivity index (χ1n) is 4.18. The third-order valence-corrected chi connectivity index (χ3v) is 1.43. The van der Waals surface area contributed by atoms with Gasteiger partial charge in [-0.05, 0) is 19.1 Å². The largest absolute Gasteiger partial charge is 0.346 e. The molecule has 0 aliphatic rings. The second kappa shape index (κ2) is 5.00. The van der Waals surface area contributed by atoms with Crippen molar-refractivity contribution in [2.45, 2.75) is 6.92 Å². The van der Waals surface area contributed by atoms with Crippen LogP contribution >= 0.6 is 0 Å². The summed E-state index contributed by atoms with van der Waals surface area (Å²) in [7, 11) is 0. The predicted octanol–water partition coefficient (Wildman–Crippen LogP) is 1.42. The molecule has 0 spiro atoms. The molecule has 0 unspecified atom stereocenters. The molecule has 0 bridgehead atoms. The molecule has 2 nitrogen and oxygen atoms in total. The fraction of sp³-hybridized carbons (Fsp3) is 0.182. The quantitative estimate of drug-likeness (QED) is 0.642. The molecule has 13 heavy (non-hydrogen) atoms. The molecule has 0 saturated heterocycles. The first kappa shape index (κ1) is 9.34. The Hall–Kier alpha value is -1.75. The summed E-state index contributed by atoms with van der Waals surface area (Å²) in [5, 5.41) is 2.60. The minimum absolute atomic E-state index is 0. The van der Waals surface area contributed by atoms with Crippen molar-refractivity contribution in [3.8, 4) is 11.8 Å². The van der Waals surface area contributed by atoms with Gasteiger partial charge in [-0.2, -0.15) is 0 Å². The Morgan fingerprint density at radius 2 is 2.15 bits per heavy atom. The van der Waals surface area contributed by atoms with Crippen LogP contribution < -0.4 is 5.32 Å². The lowest BCUT2D eigenvalue weighted by atomic mass is 10.2. The minimum Gasteiger partial charge on any atom is -0.346 e. The summed E-state index contributed by atoms with van der Waals surface area (Å²) in [6, 6.07) is 9.43. The van der Waals surface area contributed by atoms with E-state index in [1.54, 1.807) is 0 Å². The van der Waals surface area contributed by atoms with Crippen LogP contribution in [0.15, 0.2) is 30.3 Å². The molecule has 0 aliphatic carbocycles. The summed E-state index contributed by atoms with van der Waals surface area (Å²) in [5.74, 6) is 5.04. The maximum absolute atomic E-state index is 10.9. The molecule has 0 atom stereocenters. The molecular weight excluding hydrogens is 162 g/mol. The van der Waals surface area contributed by atoms with Crippen molar-refractivity contribution in [3.63, 3.8) is 0 Å². The van der Waals surface area contributed by atoms with Crippen LogP contribution in [0.1, 0.15) is 13.9 Å². The molecule has 1 aromatic rings. The predicted molar refractivity (Wildman–Crippen MR) is 54.1 cm³/mol. The zero-order valence-corrected chi connectivity index (χ0v) is 7.50. The van der Waals surface area contributed by atoms with Crippen molar-refractivity contribution >= 4 is 5.91 Å². The van der Waals surface area contributed by atoms with Crippen LogP contribution in [-0.2, 0) is 4.79 Å². The lowest BCUT2D eigenvalue weighted by Crippen LogP contribution is -2.20. The topological polar surface area (TPSA) is 29.1 Å². The van der Waals surface area contributed by atoms with Gasteiger partial charge in [-0.1, -0.05) is 24.1 Å². The second-order valence-electron chi connectivity index (χ2n) is 2.48. The van der Waals surface area contributed by atoms with E-state index in [-0.39, 0.29) is 7.33 Å². The molecule has 0 aromatic heterocycles. The monoisotopic (exact) mass is 175 g/mol. The zero-order chi connectivity index (χ0) is 9.52. The van der Waals surface area contributed by atoms with Crippen LogP contribution in [0, 0.1) is 11.8 Å². The Labute approximate surface area is 79.5 Å². The fourth-order valence-corrected chi connectivity index (χ4v) is 0.855. The lowest BCUT2D eigenvalue weighted by molar-refractivity contribution is -0.115. The van der Waals surface area contributed by atoms with Crippen molar-refractivity contribution in [1.29, 1.82) is 0 Å². The zero-order valence-electron chi connectivity index (χ0n) is 7.50. The van der Waals surface area contributed by atoms with Gasteiger partial charge in [0, 0.05) is 19.5 Å². The van der Waals surface area contributed by atoms with E-state index in [9.17, 15) is 4.79 Å². The molecule has 2 heteroatoms. The van der Waals surface area contributed by atoms with E-state index in [4.69, 9.17) is 0 Å². The molecule has 1 rings (SSSR count). The van der Waals surface area contributed by atoms with Gasteiger partial charge in [0.05, 0.1) is 0 Å². The van der Waals surface area contributed by atoms with Crippen LogP contribution in [0.25, 0.3) is 0 Å². The Morgan fingerprint density at radius 1 is 1.46 bits per heavy atom. The maximum Gasteiger partial charge on any atom is 0.296 e. The lowest BCUT2D eigenvalue weighted by Gasteiger charge is -1.90. The number of carbonyl (C=O) groups excluding carboxylic acids is 1. The van der Waals surface area contributed by atoms with Crippen LogP contribution in [0.4, 0.5) is 0 Å². The molecule has 0 radical (unpaired) electrons. The average molecular weight is 175 g/mol. The van der Waals surface area contributed by atoms with Crippen LogP contribution in [-0.4, -0.2) is 12.5 Å².